The lowest BCUT2D eigenvalue weighted by Gasteiger charge is -2.20. The first-order valence-electron chi connectivity index (χ1n) is 5.32. The minimum absolute atomic E-state index is 0.111. The number of hydrogen-bond acceptors (Lipinski definition) is 3. The fourth-order valence-corrected chi connectivity index (χ4v) is 2.52. The first-order chi connectivity index (χ1) is 7.60. The van der Waals surface area contributed by atoms with Gasteiger partial charge in [0.25, 0.3) is 0 Å². The molecule has 0 spiro atoms. The lowest BCUT2D eigenvalue weighted by atomic mass is 10.2. The molecule has 0 aromatic heterocycles. The lowest BCUT2D eigenvalue weighted by molar-refractivity contribution is 0.415. The minimum atomic E-state index is -3.17. The van der Waals surface area contributed by atoms with Crippen LogP contribution in [0.3, 0.4) is 0 Å². The average molecular weight is 242 g/mol. The highest BCUT2D eigenvalue weighted by Gasteiger charge is 2.18. The first kappa shape index (κ1) is 13.2. The Bertz CT molecular complexity index is 403. The Hall–Kier alpha value is -0.910. The van der Waals surface area contributed by atoms with Gasteiger partial charge in [-0.2, -0.15) is 4.31 Å². The van der Waals surface area contributed by atoms with Gasteiger partial charge in [0.2, 0.25) is 10.0 Å². The van der Waals surface area contributed by atoms with E-state index in [0.717, 1.165) is 5.56 Å². The number of hydrogen-bond donors (Lipinski definition) is 1. The standard InChI is InChI=1S/C11H18N2O2S/c1-2-16(14,15)13(9-8-12)10-11-6-4-3-5-7-11/h3-7H,2,8-10,12H2,1H3. The van der Waals surface area contributed by atoms with E-state index in [1.807, 2.05) is 30.3 Å². The van der Waals surface area contributed by atoms with E-state index in [1.54, 1.807) is 6.92 Å². The van der Waals surface area contributed by atoms with Crippen molar-refractivity contribution in [3.63, 3.8) is 0 Å². The van der Waals surface area contributed by atoms with Crippen LogP contribution in [0.15, 0.2) is 30.3 Å². The molecule has 2 N–H and O–H groups in total. The highest BCUT2D eigenvalue weighted by atomic mass is 32.2. The summed E-state index contributed by atoms with van der Waals surface area (Å²) in [5.74, 6) is 0.111. The summed E-state index contributed by atoms with van der Waals surface area (Å²) in [7, 11) is -3.17. The van der Waals surface area contributed by atoms with Gasteiger partial charge in [-0.3, -0.25) is 0 Å². The van der Waals surface area contributed by atoms with Gasteiger partial charge >= 0.3 is 0 Å². The zero-order chi connectivity index (χ0) is 12.0. The summed E-state index contributed by atoms with van der Waals surface area (Å²) in [6, 6.07) is 9.53. The number of sulfonamides is 1. The van der Waals surface area contributed by atoms with Crippen LogP contribution in [0.1, 0.15) is 12.5 Å². The van der Waals surface area contributed by atoms with Crippen molar-refractivity contribution in [1.29, 1.82) is 0 Å². The van der Waals surface area contributed by atoms with Crippen LogP contribution in [-0.4, -0.2) is 31.6 Å². The van der Waals surface area contributed by atoms with E-state index in [1.165, 1.54) is 4.31 Å². The Morgan fingerprint density at radius 1 is 1.25 bits per heavy atom. The molecule has 5 heteroatoms. The number of benzene rings is 1. The second-order valence-corrected chi connectivity index (χ2v) is 5.77. The zero-order valence-electron chi connectivity index (χ0n) is 9.46. The zero-order valence-corrected chi connectivity index (χ0v) is 10.3. The molecule has 4 nitrogen and oxygen atoms in total. The normalized spacial score (nSPS) is 11.9. The molecule has 0 atom stereocenters. The molecule has 0 radical (unpaired) electrons. The van der Waals surface area contributed by atoms with Crippen LogP contribution >= 0.6 is 0 Å². The minimum Gasteiger partial charge on any atom is -0.329 e. The molecule has 0 saturated carbocycles. The highest BCUT2D eigenvalue weighted by Crippen LogP contribution is 2.08. The van der Waals surface area contributed by atoms with Crippen molar-refractivity contribution in [3.05, 3.63) is 35.9 Å². The van der Waals surface area contributed by atoms with E-state index < -0.39 is 10.0 Å². The number of rotatable bonds is 6. The predicted octanol–water partition coefficient (Wildman–Crippen LogP) is 0.797. The molecule has 16 heavy (non-hydrogen) atoms. The summed E-state index contributed by atoms with van der Waals surface area (Å²) in [4.78, 5) is 0. The van der Waals surface area contributed by atoms with Crippen molar-refractivity contribution in [2.45, 2.75) is 13.5 Å². The molecule has 1 aromatic rings. The second kappa shape index (κ2) is 5.98. The Balaban J connectivity index is 2.81. The van der Waals surface area contributed by atoms with Crippen LogP contribution in [0.2, 0.25) is 0 Å². The van der Waals surface area contributed by atoms with Crippen molar-refractivity contribution in [2.24, 2.45) is 5.73 Å². The van der Waals surface area contributed by atoms with Gasteiger partial charge in [0.15, 0.2) is 0 Å². The molecule has 90 valence electrons. The van der Waals surface area contributed by atoms with Gasteiger partial charge in [-0.25, -0.2) is 8.42 Å². The molecule has 1 rings (SSSR count). The van der Waals surface area contributed by atoms with E-state index in [0.29, 0.717) is 19.6 Å². The Labute approximate surface area is 97.1 Å². The third-order valence-corrected chi connectivity index (χ3v) is 4.17. The van der Waals surface area contributed by atoms with E-state index in [9.17, 15) is 8.42 Å². The molecular weight excluding hydrogens is 224 g/mol. The monoisotopic (exact) mass is 242 g/mol. The molecule has 0 fully saturated rings. The van der Waals surface area contributed by atoms with E-state index in [2.05, 4.69) is 0 Å². The van der Waals surface area contributed by atoms with Gasteiger partial charge in [-0.05, 0) is 12.5 Å². The molecule has 0 amide bonds. The summed E-state index contributed by atoms with van der Waals surface area (Å²) in [6.07, 6.45) is 0. The van der Waals surface area contributed by atoms with Crippen LogP contribution < -0.4 is 5.73 Å². The molecular formula is C11H18N2O2S. The summed E-state index contributed by atoms with van der Waals surface area (Å²) in [5.41, 5.74) is 6.41. The summed E-state index contributed by atoms with van der Waals surface area (Å²) in [6.45, 7) is 2.75. The van der Waals surface area contributed by atoms with Crippen molar-refractivity contribution >= 4 is 10.0 Å². The van der Waals surface area contributed by atoms with Gasteiger partial charge in [0.05, 0.1) is 5.75 Å². The smallest absolute Gasteiger partial charge is 0.214 e. The van der Waals surface area contributed by atoms with Crippen molar-refractivity contribution in [2.75, 3.05) is 18.8 Å². The molecule has 0 heterocycles. The molecule has 0 saturated heterocycles. The molecule has 1 aromatic carbocycles. The van der Waals surface area contributed by atoms with Gasteiger partial charge < -0.3 is 5.73 Å². The third-order valence-electron chi connectivity index (χ3n) is 2.34. The average Bonchev–Trinajstić information content (AvgIpc) is 2.30. The maximum absolute atomic E-state index is 11.8. The van der Waals surface area contributed by atoms with E-state index >= 15 is 0 Å². The second-order valence-electron chi connectivity index (χ2n) is 3.51. The SMILES string of the molecule is CCS(=O)(=O)N(CCN)Cc1ccccc1. The lowest BCUT2D eigenvalue weighted by Crippen LogP contribution is -2.35. The topological polar surface area (TPSA) is 63.4 Å². The molecule has 0 aliphatic rings. The fraction of sp³-hybridized carbons (Fsp3) is 0.455. The Morgan fingerprint density at radius 3 is 2.38 bits per heavy atom. The van der Waals surface area contributed by atoms with Crippen molar-refractivity contribution < 1.29 is 8.42 Å². The summed E-state index contributed by atoms with van der Waals surface area (Å²) < 4.78 is 25.0. The highest BCUT2D eigenvalue weighted by molar-refractivity contribution is 7.89. The maximum atomic E-state index is 11.8. The largest absolute Gasteiger partial charge is 0.329 e. The van der Waals surface area contributed by atoms with Crippen LogP contribution in [0.25, 0.3) is 0 Å². The molecule has 0 aliphatic heterocycles. The molecule has 0 unspecified atom stereocenters. The van der Waals surface area contributed by atoms with Crippen LogP contribution in [-0.2, 0) is 16.6 Å². The molecule has 0 aliphatic carbocycles. The quantitative estimate of drug-likeness (QED) is 0.802. The fourth-order valence-electron chi connectivity index (χ4n) is 1.43. The third kappa shape index (κ3) is 3.59. The van der Waals surface area contributed by atoms with Gasteiger partial charge in [0.1, 0.15) is 0 Å². The number of nitrogens with two attached hydrogens (primary N) is 1. The van der Waals surface area contributed by atoms with E-state index in [4.69, 9.17) is 5.73 Å². The van der Waals surface area contributed by atoms with Gasteiger partial charge in [-0.1, -0.05) is 30.3 Å². The van der Waals surface area contributed by atoms with E-state index in [-0.39, 0.29) is 5.75 Å². The predicted molar refractivity (Wildman–Crippen MR) is 65.4 cm³/mol. The van der Waals surface area contributed by atoms with Crippen molar-refractivity contribution in [3.8, 4) is 0 Å². The van der Waals surface area contributed by atoms with Crippen LogP contribution in [0.5, 0.6) is 0 Å². The van der Waals surface area contributed by atoms with Crippen LogP contribution in [0, 0.1) is 0 Å². The molecule has 0 bridgehead atoms. The van der Waals surface area contributed by atoms with Gasteiger partial charge in [0, 0.05) is 19.6 Å². The van der Waals surface area contributed by atoms with Crippen LogP contribution in [0.4, 0.5) is 0 Å². The summed E-state index contributed by atoms with van der Waals surface area (Å²) in [5, 5.41) is 0. The van der Waals surface area contributed by atoms with Crippen molar-refractivity contribution in [1.82, 2.24) is 4.31 Å². The summed E-state index contributed by atoms with van der Waals surface area (Å²) >= 11 is 0. The Kier molecular flexibility index (Phi) is 4.92. The first-order valence-corrected chi connectivity index (χ1v) is 6.93. The van der Waals surface area contributed by atoms with Gasteiger partial charge in [-0.15, -0.1) is 0 Å². The Morgan fingerprint density at radius 2 is 1.88 bits per heavy atom. The maximum Gasteiger partial charge on any atom is 0.214 e. The number of nitrogens with zero attached hydrogens (tertiary/aromatic N) is 1.